The zero-order valence-electron chi connectivity index (χ0n) is 15.0. The topological polar surface area (TPSA) is 64.6 Å². The lowest BCUT2D eigenvalue weighted by Crippen LogP contribution is -2.30. The summed E-state index contributed by atoms with van der Waals surface area (Å²) in [7, 11) is 1.58. The van der Waals surface area contributed by atoms with Crippen molar-refractivity contribution >= 4 is 29.2 Å². The Morgan fingerprint density at radius 2 is 1.92 bits per heavy atom. The molecule has 0 bridgehead atoms. The van der Waals surface area contributed by atoms with E-state index in [0.29, 0.717) is 17.1 Å². The third kappa shape index (κ3) is 5.49. The summed E-state index contributed by atoms with van der Waals surface area (Å²) in [5.41, 5.74) is 2.38. The van der Waals surface area contributed by atoms with Gasteiger partial charge in [0.15, 0.2) is 6.10 Å². The molecule has 1 atom stereocenters. The summed E-state index contributed by atoms with van der Waals surface area (Å²) in [4.78, 5) is 24.3. The van der Waals surface area contributed by atoms with Crippen molar-refractivity contribution in [1.29, 1.82) is 0 Å². The van der Waals surface area contributed by atoms with Gasteiger partial charge in [0, 0.05) is 17.1 Å². The van der Waals surface area contributed by atoms with E-state index in [4.69, 9.17) is 21.1 Å². The third-order valence-electron chi connectivity index (χ3n) is 3.93. The smallest absolute Gasteiger partial charge is 0.306 e. The summed E-state index contributed by atoms with van der Waals surface area (Å²) in [5.74, 6) is -0.120. The number of carbonyl (C=O) groups excluding carboxylic acids is 2. The van der Waals surface area contributed by atoms with Crippen LogP contribution >= 0.6 is 11.6 Å². The molecule has 5 nitrogen and oxygen atoms in total. The van der Waals surface area contributed by atoms with Crippen molar-refractivity contribution in [3.63, 3.8) is 0 Å². The maximum atomic E-state index is 12.2. The zero-order valence-corrected chi connectivity index (χ0v) is 15.8. The van der Waals surface area contributed by atoms with Crippen molar-refractivity contribution < 1.29 is 19.1 Å². The van der Waals surface area contributed by atoms with Gasteiger partial charge in [-0.3, -0.25) is 9.59 Å². The van der Waals surface area contributed by atoms with Gasteiger partial charge in [-0.15, -0.1) is 0 Å². The summed E-state index contributed by atoms with van der Waals surface area (Å²) in [6.45, 7) is 3.39. The highest BCUT2D eigenvalue weighted by Gasteiger charge is 2.19. The van der Waals surface area contributed by atoms with Crippen molar-refractivity contribution in [2.45, 2.75) is 32.8 Å². The van der Waals surface area contributed by atoms with Crippen LogP contribution in [0.25, 0.3) is 0 Å². The summed E-state index contributed by atoms with van der Waals surface area (Å²) in [6.07, 6.45) is -0.266. The van der Waals surface area contributed by atoms with Crippen LogP contribution in [0.3, 0.4) is 0 Å². The van der Waals surface area contributed by atoms with Crippen LogP contribution in [0.15, 0.2) is 42.5 Å². The van der Waals surface area contributed by atoms with Crippen LogP contribution in [0.4, 0.5) is 5.69 Å². The Bertz CT molecular complexity index is 791. The highest BCUT2D eigenvalue weighted by molar-refractivity contribution is 6.31. The minimum atomic E-state index is -0.904. The molecular formula is C20H22ClNO4. The number of benzene rings is 2. The zero-order chi connectivity index (χ0) is 19.1. The van der Waals surface area contributed by atoms with Crippen LogP contribution < -0.4 is 10.1 Å². The fourth-order valence-electron chi connectivity index (χ4n) is 2.42. The Labute approximate surface area is 158 Å². The van der Waals surface area contributed by atoms with Gasteiger partial charge in [-0.25, -0.2) is 0 Å². The minimum absolute atomic E-state index is 0.161. The summed E-state index contributed by atoms with van der Waals surface area (Å²) in [6, 6.07) is 12.7. The predicted molar refractivity (Wildman–Crippen MR) is 102 cm³/mol. The number of carbonyl (C=O) groups is 2. The maximum Gasteiger partial charge on any atom is 0.306 e. The molecule has 0 saturated carbocycles. The molecule has 1 amide bonds. The van der Waals surface area contributed by atoms with Gasteiger partial charge < -0.3 is 14.8 Å². The van der Waals surface area contributed by atoms with Gasteiger partial charge in [0.05, 0.1) is 7.11 Å². The molecule has 0 radical (unpaired) electrons. The van der Waals surface area contributed by atoms with Crippen molar-refractivity contribution in [3.8, 4) is 5.75 Å². The summed E-state index contributed by atoms with van der Waals surface area (Å²) < 4.78 is 10.5. The normalized spacial score (nSPS) is 11.5. The molecule has 26 heavy (non-hydrogen) atoms. The van der Waals surface area contributed by atoms with E-state index in [2.05, 4.69) is 5.32 Å². The van der Waals surface area contributed by atoms with E-state index in [1.165, 1.54) is 6.92 Å². The molecule has 0 spiro atoms. The quantitative estimate of drug-likeness (QED) is 0.738. The monoisotopic (exact) mass is 375 g/mol. The molecule has 0 aromatic heterocycles. The van der Waals surface area contributed by atoms with E-state index < -0.39 is 18.0 Å². The van der Waals surface area contributed by atoms with Gasteiger partial charge in [-0.05, 0) is 49.6 Å². The first-order chi connectivity index (χ1) is 12.4. The number of esters is 1. The molecule has 2 aromatic rings. The first kappa shape index (κ1) is 19.8. The molecule has 0 fully saturated rings. The largest absolute Gasteiger partial charge is 0.496 e. The van der Waals surface area contributed by atoms with E-state index >= 15 is 0 Å². The Morgan fingerprint density at radius 1 is 1.19 bits per heavy atom. The number of halogens is 1. The fraction of sp³-hybridized carbons (Fsp3) is 0.300. The standard InChI is InChI=1S/C20H22ClNO4/c1-13-8-10-16(21)12-17(13)22-20(24)14(2)26-19(23)11-9-15-6-4-5-7-18(15)25-3/h4-8,10,12,14H,9,11H2,1-3H3,(H,22,24)/t14-/m1/s1. The number of methoxy groups -OCH3 is 1. The van der Waals surface area contributed by atoms with Crippen molar-refractivity contribution in [3.05, 3.63) is 58.6 Å². The van der Waals surface area contributed by atoms with Crippen LogP contribution in [0.5, 0.6) is 5.75 Å². The lowest BCUT2D eigenvalue weighted by Gasteiger charge is -2.15. The van der Waals surface area contributed by atoms with E-state index in [9.17, 15) is 9.59 Å². The van der Waals surface area contributed by atoms with Crippen LogP contribution in [0.1, 0.15) is 24.5 Å². The Balaban J connectivity index is 1.88. The first-order valence-electron chi connectivity index (χ1n) is 8.29. The van der Waals surface area contributed by atoms with Gasteiger partial charge in [-0.1, -0.05) is 35.9 Å². The molecular weight excluding hydrogens is 354 g/mol. The number of amides is 1. The maximum absolute atomic E-state index is 12.2. The van der Waals surface area contributed by atoms with Crippen molar-refractivity contribution in [2.24, 2.45) is 0 Å². The number of nitrogens with one attached hydrogen (secondary N) is 1. The third-order valence-corrected chi connectivity index (χ3v) is 4.16. The second-order valence-electron chi connectivity index (χ2n) is 5.89. The number of hydrogen-bond donors (Lipinski definition) is 1. The van der Waals surface area contributed by atoms with E-state index in [1.54, 1.807) is 19.2 Å². The molecule has 0 heterocycles. The predicted octanol–water partition coefficient (Wildman–Crippen LogP) is 4.16. The minimum Gasteiger partial charge on any atom is -0.496 e. The molecule has 2 rings (SSSR count). The SMILES string of the molecule is COc1ccccc1CCC(=O)O[C@H](C)C(=O)Nc1cc(Cl)ccc1C. The van der Waals surface area contributed by atoms with Crippen LogP contribution in [-0.2, 0) is 20.7 Å². The van der Waals surface area contributed by atoms with Gasteiger partial charge in [-0.2, -0.15) is 0 Å². The van der Waals surface area contributed by atoms with E-state index in [1.807, 2.05) is 37.3 Å². The number of anilines is 1. The number of ether oxygens (including phenoxy) is 2. The Hall–Kier alpha value is -2.53. The van der Waals surface area contributed by atoms with E-state index in [0.717, 1.165) is 16.9 Å². The van der Waals surface area contributed by atoms with Crippen LogP contribution in [-0.4, -0.2) is 25.1 Å². The highest BCUT2D eigenvalue weighted by atomic mass is 35.5. The fourth-order valence-corrected chi connectivity index (χ4v) is 2.59. The molecule has 1 N–H and O–H groups in total. The van der Waals surface area contributed by atoms with Gasteiger partial charge in [0.1, 0.15) is 5.75 Å². The van der Waals surface area contributed by atoms with Gasteiger partial charge in [0.25, 0.3) is 5.91 Å². The summed E-state index contributed by atoms with van der Waals surface area (Å²) in [5, 5.41) is 3.25. The molecule has 0 aliphatic rings. The molecule has 0 aliphatic carbocycles. The second-order valence-corrected chi connectivity index (χ2v) is 6.33. The number of aryl methyl sites for hydroxylation is 2. The van der Waals surface area contributed by atoms with Gasteiger partial charge in [0.2, 0.25) is 0 Å². The Kier molecular flexibility index (Phi) is 7.04. The number of rotatable bonds is 7. The lowest BCUT2D eigenvalue weighted by atomic mass is 10.1. The highest BCUT2D eigenvalue weighted by Crippen LogP contribution is 2.21. The second kappa shape index (κ2) is 9.25. The van der Waals surface area contributed by atoms with Crippen LogP contribution in [0.2, 0.25) is 5.02 Å². The summed E-state index contributed by atoms with van der Waals surface area (Å²) >= 11 is 5.94. The van der Waals surface area contributed by atoms with Crippen LogP contribution in [0, 0.1) is 6.92 Å². The van der Waals surface area contributed by atoms with Gasteiger partial charge >= 0.3 is 5.97 Å². The molecule has 2 aromatic carbocycles. The first-order valence-corrected chi connectivity index (χ1v) is 8.67. The average molecular weight is 376 g/mol. The van der Waals surface area contributed by atoms with Crippen molar-refractivity contribution in [2.75, 3.05) is 12.4 Å². The number of para-hydroxylation sites is 1. The lowest BCUT2D eigenvalue weighted by molar-refractivity contribution is -0.153. The molecule has 0 aliphatic heterocycles. The number of hydrogen-bond acceptors (Lipinski definition) is 4. The van der Waals surface area contributed by atoms with Crippen molar-refractivity contribution in [1.82, 2.24) is 0 Å². The molecule has 138 valence electrons. The Morgan fingerprint density at radius 3 is 2.65 bits per heavy atom. The molecule has 0 unspecified atom stereocenters. The average Bonchev–Trinajstić information content (AvgIpc) is 2.63. The van der Waals surface area contributed by atoms with E-state index in [-0.39, 0.29) is 6.42 Å². The molecule has 0 saturated heterocycles. The molecule has 6 heteroatoms.